The van der Waals surface area contributed by atoms with Crippen molar-refractivity contribution in [2.24, 2.45) is 5.92 Å². The molecule has 1 fully saturated rings. The number of imide groups is 1. The van der Waals surface area contributed by atoms with Crippen molar-refractivity contribution in [3.8, 4) is 0 Å². The van der Waals surface area contributed by atoms with E-state index in [9.17, 15) is 24.0 Å². The molecule has 2 aliphatic heterocycles. The SMILES string of the molecule is CC(C)(C)NC(=O)NCC(Cc1ccccc1)C(=O)NCc1ccc2c(c1)CN(C1CCC(=O)NC1=O)C2=O. The van der Waals surface area contributed by atoms with Crippen LogP contribution < -0.4 is 21.3 Å². The van der Waals surface area contributed by atoms with Crippen molar-refractivity contribution in [2.75, 3.05) is 6.54 Å². The van der Waals surface area contributed by atoms with Gasteiger partial charge in [0, 0.05) is 37.2 Å². The maximum Gasteiger partial charge on any atom is 0.315 e. The highest BCUT2D eigenvalue weighted by molar-refractivity contribution is 6.05. The fourth-order valence-corrected chi connectivity index (χ4v) is 4.83. The van der Waals surface area contributed by atoms with Crippen molar-refractivity contribution < 1.29 is 24.0 Å². The minimum absolute atomic E-state index is 0.169. The van der Waals surface area contributed by atoms with E-state index >= 15 is 0 Å². The van der Waals surface area contributed by atoms with E-state index in [4.69, 9.17) is 0 Å². The molecule has 2 aliphatic rings. The summed E-state index contributed by atoms with van der Waals surface area (Å²) in [4.78, 5) is 63.7. The van der Waals surface area contributed by atoms with Gasteiger partial charge in [-0.15, -0.1) is 0 Å². The normalized spacial score (nSPS) is 17.8. The van der Waals surface area contributed by atoms with Crippen LogP contribution in [0, 0.1) is 5.92 Å². The highest BCUT2D eigenvalue weighted by Crippen LogP contribution is 2.28. The van der Waals surface area contributed by atoms with Gasteiger partial charge in [0.25, 0.3) is 5.91 Å². The lowest BCUT2D eigenvalue weighted by atomic mass is 9.98. The van der Waals surface area contributed by atoms with Crippen molar-refractivity contribution in [3.63, 3.8) is 0 Å². The zero-order valence-electron chi connectivity index (χ0n) is 22.5. The smallest absolute Gasteiger partial charge is 0.315 e. The van der Waals surface area contributed by atoms with E-state index < -0.39 is 23.4 Å². The van der Waals surface area contributed by atoms with Crippen LogP contribution in [0.25, 0.3) is 0 Å². The van der Waals surface area contributed by atoms with Gasteiger partial charge in [-0.25, -0.2) is 4.79 Å². The molecular weight excluding hydrogens is 498 g/mol. The number of piperidine rings is 1. The van der Waals surface area contributed by atoms with Crippen LogP contribution in [0.15, 0.2) is 48.5 Å². The Hall–Kier alpha value is -4.21. The average molecular weight is 534 g/mol. The first-order valence-corrected chi connectivity index (χ1v) is 13.1. The maximum atomic E-state index is 13.2. The molecule has 2 heterocycles. The number of fused-ring (bicyclic) bond motifs is 1. The molecule has 2 aromatic carbocycles. The molecule has 2 unspecified atom stereocenters. The van der Waals surface area contributed by atoms with Gasteiger partial charge in [-0.3, -0.25) is 24.5 Å². The lowest BCUT2D eigenvalue weighted by Crippen LogP contribution is -2.52. The van der Waals surface area contributed by atoms with Gasteiger partial charge in [0.05, 0.1) is 5.92 Å². The van der Waals surface area contributed by atoms with E-state index in [1.54, 1.807) is 12.1 Å². The summed E-state index contributed by atoms with van der Waals surface area (Å²) in [5.41, 5.74) is 2.70. The third-order valence-electron chi connectivity index (χ3n) is 6.75. The van der Waals surface area contributed by atoms with E-state index in [1.807, 2.05) is 57.2 Å². The molecule has 0 saturated carbocycles. The Balaban J connectivity index is 1.39. The first kappa shape index (κ1) is 27.8. The minimum atomic E-state index is -0.674. The standard InChI is InChI=1S/C29H35N5O5/c1-29(2,3)33-28(39)31-16-20(13-18-7-5-4-6-8-18)25(36)30-15-19-9-10-22-21(14-19)17-34(27(22)38)23-11-12-24(35)32-26(23)37/h4-10,14,20,23H,11-13,15-17H2,1-3H3,(H,30,36)(H2,31,33,39)(H,32,35,37). The van der Waals surface area contributed by atoms with Gasteiger partial charge in [-0.2, -0.15) is 0 Å². The van der Waals surface area contributed by atoms with E-state index in [0.29, 0.717) is 18.4 Å². The van der Waals surface area contributed by atoms with Crippen LogP contribution in [0.4, 0.5) is 4.79 Å². The number of carbonyl (C=O) groups is 5. The molecule has 10 heteroatoms. The fourth-order valence-electron chi connectivity index (χ4n) is 4.83. The molecule has 10 nitrogen and oxygen atoms in total. The van der Waals surface area contributed by atoms with Crippen molar-refractivity contribution >= 4 is 29.7 Å². The van der Waals surface area contributed by atoms with Crippen LogP contribution in [0.3, 0.4) is 0 Å². The molecule has 4 rings (SSSR count). The molecule has 0 aliphatic carbocycles. The molecule has 2 aromatic rings. The molecule has 206 valence electrons. The van der Waals surface area contributed by atoms with Crippen molar-refractivity contribution in [3.05, 3.63) is 70.8 Å². The van der Waals surface area contributed by atoms with Gasteiger partial charge < -0.3 is 20.9 Å². The lowest BCUT2D eigenvalue weighted by molar-refractivity contribution is -0.137. The number of benzene rings is 2. The molecule has 0 aromatic heterocycles. The fraction of sp³-hybridized carbons (Fsp3) is 0.414. The molecule has 6 amide bonds. The number of nitrogens with zero attached hydrogens (tertiary/aromatic N) is 1. The predicted octanol–water partition coefficient (Wildman–Crippen LogP) is 2.02. The topological polar surface area (TPSA) is 137 Å². The van der Waals surface area contributed by atoms with Crippen molar-refractivity contribution in [1.29, 1.82) is 0 Å². The highest BCUT2D eigenvalue weighted by atomic mass is 16.2. The Morgan fingerprint density at radius 1 is 1.03 bits per heavy atom. The largest absolute Gasteiger partial charge is 0.352 e. The molecule has 4 N–H and O–H groups in total. The summed E-state index contributed by atoms with van der Waals surface area (Å²) in [6.07, 6.45) is 0.963. The van der Waals surface area contributed by atoms with Crippen molar-refractivity contribution in [2.45, 2.75) is 64.7 Å². The number of carbonyl (C=O) groups excluding carboxylic acids is 5. The van der Waals surface area contributed by atoms with Gasteiger partial charge >= 0.3 is 6.03 Å². The van der Waals surface area contributed by atoms with E-state index in [-0.39, 0.29) is 49.8 Å². The van der Waals surface area contributed by atoms with Crippen LogP contribution in [0.2, 0.25) is 0 Å². The predicted molar refractivity (Wildman–Crippen MR) is 144 cm³/mol. The summed E-state index contributed by atoms with van der Waals surface area (Å²) in [7, 11) is 0. The molecule has 2 atom stereocenters. The first-order valence-electron chi connectivity index (χ1n) is 13.1. The number of urea groups is 1. The van der Waals surface area contributed by atoms with E-state index in [1.165, 1.54) is 4.90 Å². The van der Waals surface area contributed by atoms with Crippen molar-refractivity contribution in [1.82, 2.24) is 26.2 Å². The van der Waals surface area contributed by atoms with Gasteiger partial charge in [-0.05, 0) is 56.4 Å². The second-order valence-corrected chi connectivity index (χ2v) is 11.1. The Morgan fingerprint density at radius 2 is 1.77 bits per heavy atom. The number of nitrogens with one attached hydrogen (secondary N) is 4. The second kappa shape index (κ2) is 11.7. The summed E-state index contributed by atoms with van der Waals surface area (Å²) in [5.74, 6) is -1.70. The van der Waals surface area contributed by atoms with E-state index in [0.717, 1.165) is 16.7 Å². The summed E-state index contributed by atoms with van der Waals surface area (Å²) in [5, 5.41) is 10.9. The zero-order valence-corrected chi connectivity index (χ0v) is 22.5. The Morgan fingerprint density at radius 3 is 2.46 bits per heavy atom. The Bertz CT molecular complexity index is 1270. The second-order valence-electron chi connectivity index (χ2n) is 11.1. The first-order chi connectivity index (χ1) is 18.5. The van der Waals surface area contributed by atoms with Gasteiger partial charge in [-0.1, -0.05) is 42.5 Å². The van der Waals surface area contributed by atoms with Crippen LogP contribution in [-0.4, -0.2) is 52.7 Å². The number of rotatable bonds is 8. The Labute approximate surface area is 227 Å². The molecule has 39 heavy (non-hydrogen) atoms. The molecule has 1 saturated heterocycles. The third kappa shape index (κ3) is 7.22. The maximum absolute atomic E-state index is 13.2. The Kier molecular flexibility index (Phi) is 8.32. The summed E-state index contributed by atoms with van der Waals surface area (Å²) >= 11 is 0. The zero-order chi connectivity index (χ0) is 28.2. The molecule has 0 spiro atoms. The van der Waals surface area contributed by atoms with Crippen LogP contribution in [0.5, 0.6) is 0 Å². The summed E-state index contributed by atoms with van der Waals surface area (Å²) < 4.78 is 0. The molecule has 0 radical (unpaired) electrons. The van der Waals surface area contributed by atoms with E-state index in [2.05, 4.69) is 21.3 Å². The van der Waals surface area contributed by atoms with Crippen LogP contribution in [-0.2, 0) is 33.9 Å². The van der Waals surface area contributed by atoms with Gasteiger partial charge in [0.1, 0.15) is 6.04 Å². The highest BCUT2D eigenvalue weighted by Gasteiger charge is 2.39. The summed E-state index contributed by atoms with van der Waals surface area (Å²) in [6, 6.07) is 14.0. The number of hydrogen-bond acceptors (Lipinski definition) is 5. The number of hydrogen-bond donors (Lipinski definition) is 4. The molecule has 0 bridgehead atoms. The average Bonchev–Trinajstić information content (AvgIpc) is 3.20. The van der Waals surface area contributed by atoms with Gasteiger partial charge in [0.15, 0.2) is 0 Å². The van der Waals surface area contributed by atoms with Gasteiger partial charge in [0.2, 0.25) is 17.7 Å². The monoisotopic (exact) mass is 533 g/mol. The minimum Gasteiger partial charge on any atom is -0.352 e. The third-order valence-corrected chi connectivity index (χ3v) is 6.75. The lowest BCUT2D eigenvalue weighted by Gasteiger charge is -2.29. The van der Waals surface area contributed by atoms with Crippen LogP contribution >= 0.6 is 0 Å². The quantitative estimate of drug-likeness (QED) is 0.385. The van der Waals surface area contributed by atoms with Crippen LogP contribution in [0.1, 0.15) is 60.7 Å². The molecular formula is C29H35N5O5. The number of amides is 6. The summed E-state index contributed by atoms with van der Waals surface area (Å²) in [6.45, 7) is 6.34.